The third kappa shape index (κ3) is 2.72. The van der Waals surface area contributed by atoms with E-state index in [0.717, 1.165) is 36.2 Å². The molecule has 0 bridgehead atoms. The molecule has 1 amide bonds. The Morgan fingerprint density at radius 1 is 1.09 bits per heavy atom. The molecule has 0 aromatic heterocycles. The van der Waals surface area contributed by atoms with Crippen LogP contribution in [0.4, 0.5) is 5.69 Å². The van der Waals surface area contributed by atoms with Crippen molar-refractivity contribution in [3.05, 3.63) is 65.2 Å². The van der Waals surface area contributed by atoms with Crippen molar-refractivity contribution in [2.45, 2.75) is 39.3 Å². The maximum Gasteiger partial charge on any atom is 0.258 e. The van der Waals surface area contributed by atoms with Crippen LogP contribution in [0.3, 0.4) is 0 Å². The van der Waals surface area contributed by atoms with Crippen LogP contribution in [-0.4, -0.2) is 17.4 Å². The average molecular weight is 308 g/mol. The Kier molecular flexibility index (Phi) is 4.12. The fourth-order valence-electron chi connectivity index (χ4n) is 3.20. The van der Waals surface area contributed by atoms with Gasteiger partial charge in [-0.1, -0.05) is 55.3 Å². The first-order valence-electron chi connectivity index (χ1n) is 8.32. The molecule has 3 heteroatoms. The van der Waals surface area contributed by atoms with Gasteiger partial charge in [0, 0.05) is 12.2 Å². The molecule has 1 aliphatic rings. The molecule has 120 valence electrons. The Morgan fingerprint density at radius 2 is 1.78 bits per heavy atom. The van der Waals surface area contributed by atoms with Crippen molar-refractivity contribution in [2.75, 3.05) is 11.9 Å². The van der Waals surface area contributed by atoms with Gasteiger partial charge in [-0.15, -0.1) is 0 Å². The summed E-state index contributed by atoms with van der Waals surface area (Å²) in [6.45, 7) is 7.08. The van der Waals surface area contributed by atoms with Gasteiger partial charge in [-0.3, -0.25) is 4.79 Å². The SMILES string of the molecule is CCCCN1C(=O)c2ccccc2NC1(C)c1ccc(C)cc1. The zero-order valence-electron chi connectivity index (χ0n) is 14.1. The van der Waals surface area contributed by atoms with Crippen molar-refractivity contribution >= 4 is 11.6 Å². The third-order valence-electron chi connectivity index (χ3n) is 4.67. The molecule has 0 fully saturated rings. The zero-order valence-corrected chi connectivity index (χ0v) is 14.1. The molecule has 2 aromatic carbocycles. The topological polar surface area (TPSA) is 32.3 Å². The monoisotopic (exact) mass is 308 g/mol. The number of benzene rings is 2. The fourth-order valence-corrected chi connectivity index (χ4v) is 3.20. The van der Waals surface area contributed by atoms with Crippen LogP contribution in [-0.2, 0) is 5.66 Å². The zero-order chi connectivity index (χ0) is 16.4. The van der Waals surface area contributed by atoms with Gasteiger partial charge < -0.3 is 10.2 Å². The fraction of sp³-hybridized carbons (Fsp3) is 0.350. The summed E-state index contributed by atoms with van der Waals surface area (Å²) in [4.78, 5) is 15.0. The summed E-state index contributed by atoms with van der Waals surface area (Å²) in [6, 6.07) is 16.2. The second-order valence-electron chi connectivity index (χ2n) is 6.42. The van der Waals surface area contributed by atoms with E-state index < -0.39 is 5.66 Å². The van der Waals surface area contributed by atoms with E-state index in [1.54, 1.807) is 0 Å². The van der Waals surface area contributed by atoms with E-state index in [1.807, 2.05) is 29.2 Å². The molecule has 1 aliphatic heterocycles. The van der Waals surface area contributed by atoms with E-state index in [1.165, 1.54) is 5.56 Å². The van der Waals surface area contributed by atoms with Crippen molar-refractivity contribution < 1.29 is 4.79 Å². The summed E-state index contributed by atoms with van der Waals surface area (Å²) < 4.78 is 0. The molecule has 0 saturated carbocycles. The number of carbonyl (C=O) groups is 1. The first-order chi connectivity index (χ1) is 11.1. The lowest BCUT2D eigenvalue weighted by atomic mass is 9.92. The lowest BCUT2D eigenvalue weighted by Crippen LogP contribution is -2.56. The summed E-state index contributed by atoms with van der Waals surface area (Å²) in [5.74, 6) is 0.107. The van der Waals surface area contributed by atoms with Crippen LogP contribution in [0.2, 0.25) is 0 Å². The molecule has 23 heavy (non-hydrogen) atoms. The highest BCUT2D eigenvalue weighted by Crippen LogP contribution is 2.37. The quantitative estimate of drug-likeness (QED) is 0.899. The lowest BCUT2D eigenvalue weighted by molar-refractivity contribution is 0.0531. The smallest absolute Gasteiger partial charge is 0.258 e. The van der Waals surface area contributed by atoms with E-state index >= 15 is 0 Å². The first kappa shape index (κ1) is 15.6. The summed E-state index contributed by atoms with van der Waals surface area (Å²) in [7, 11) is 0. The number of aryl methyl sites for hydroxylation is 1. The Balaban J connectivity index is 2.08. The average Bonchev–Trinajstić information content (AvgIpc) is 2.55. The molecular formula is C20H24N2O. The van der Waals surface area contributed by atoms with Crippen LogP contribution in [0.15, 0.2) is 48.5 Å². The Morgan fingerprint density at radius 3 is 2.48 bits per heavy atom. The van der Waals surface area contributed by atoms with Gasteiger partial charge in [-0.25, -0.2) is 0 Å². The molecule has 1 unspecified atom stereocenters. The van der Waals surface area contributed by atoms with Crippen molar-refractivity contribution in [3.63, 3.8) is 0 Å². The molecule has 3 rings (SSSR count). The van der Waals surface area contributed by atoms with E-state index in [2.05, 4.69) is 50.4 Å². The van der Waals surface area contributed by atoms with Crippen LogP contribution in [0.1, 0.15) is 48.2 Å². The van der Waals surface area contributed by atoms with Crippen molar-refractivity contribution in [2.24, 2.45) is 0 Å². The van der Waals surface area contributed by atoms with Crippen LogP contribution < -0.4 is 5.32 Å². The number of fused-ring (bicyclic) bond motifs is 1. The van der Waals surface area contributed by atoms with Gasteiger partial charge in [0.15, 0.2) is 0 Å². The number of para-hydroxylation sites is 1. The number of anilines is 1. The summed E-state index contributed by atoms with van der Waals surface area (Å²) in [5, 5.41) is 3.60. The standard InChI is InChI=1S/C20H24N2O/c1-4-5-14-22-19(23)17-8-6-7-9-18(17)21-20(22,3)16-12-10-15(2)11-13-16/h6-13,21H,4-5,14H2,1-3H3. The predicted octanol–water partition coefficient (Wildman–Crippen LogP) is 4.54. The largest absolute Gasteiger partial charge is 0.358 e. The van der Waals surface area contributed by atoms with Crippen molar-refractivity contribution in [3.8, 4) is 0 Å². The van der Waals surface area contributed by atoms with E-state index in [0.29, 0.717) is 0 Å². The van der Waals surface area contributed by atoms with Crippen molar-refractivity contribution in [1.82, 2.24) is 4.90 Å². The van der Waals surface area contributed by atoms with Gasteiger partial charge in [0.2, 0.25) is 0 Å². The van der Waals surface area contributed by atoms with Gasteiger partial charge in [0.25, 0.3) is 5.91 Å². The minimum absolute atomic E-state index is 0.107. The van der Waals surface area contributed by atoms with Crippen LogP contribution in [0.25, 0.3) is 0 Å². The molecule has 0 spiro atoms. The van der Waals surface area contributed by atoms with Crippen LogP contribution >= 0.6 is 0 Å². The van der Waals surface area contributed by atoms with Gasteiger partial charge >= 0.3 is 0 Å². The molecule has 1 atom stereocenters. The Labute approximate surface area is 138 Å². The number of amides is 1. The third-order valence-corrected chi connectivity index (χ3v) is 4.67. The van der Waals surface area contributed by atoms with E-state index in [4.69, 9.17) is 0 Å². The molecule has 0 aliphatic carbocycles. The number of nitrogens with zero attached hydrogens (tertiary/aromatic N) is 1. The van der Waals surface area contributed by atoms with E-state index in [-0.39, 0.29) is 5.91 Å². The summed E-state index contributed by atoms with van der Waals surface area (Å²) in [6.07, 6.45) is 2.06. The molecule has 0 saturated heterocycles. The normalized spacial score (nSPS) is 20.1. The number of hydrogen-bond acceptors (Lipinski definition) is 2. The van der Waals surface area contributed by atoms with Gasteiger partial charge in [0.1, 0.15) is 5.66 Å². The second kappa shape index (κ2) is 6.07. The predicted molar refractivity (Wildman–Crippen MR) is 94.5 cm³/mol. The molecule has 3 nitrogen and oxygen atoms in total. The number of rotatable bonds is 4. The minimum Gasteiger partial charge on any atom is -0.358 e. The molecule has 1 N–H and O–H groups in total. The number of carbonyl (C=O) groups excluding carboxylic acids is 1. The van der Waals surface area contributed by atoms with Gasteiger partial charge in [-0.05, 0) is 38.0 Å². The highest BCUT2D eigenvalue weighted by atomic mass is 16.2. The maximum absolute atomic E-state index is 13.1. The molecular weight excluding hydrogens is 284 g/mol. The van der Waals surface area contributed by atoms with Crippen molar-refractivity contribution in [1.29, 1.82) is 0 Å². The Hall–Kier alpha value is -2.29. The Bertz CT molecular complexity index is 708. The highest BCUT2D eigenvalue weighted by molar-refractivity contribution is 6.02. The number of unbranched alkanes of at least 4 members (excludes halogenated alkanes) is 1. The number of hydrogen-bond donors (Lipinski definition) is 1. The summed E-state index contributed by atoms with van der Waals surface area (Å²) in [5.41, 5.74) is 3.48. The maximum atomic E-state index is 13.1. The minimum atomic E-state index is -0.520. The van der Waals surface area contributed by atoms with Crippen LogP contribution in [0.5, 0.6) is 0 Å². The first-order valence-corrected chi connectivity index (χ1v) is 8.32. The lowest BCUT2D eigenvalue weighted by Gasteiger charge is -2.47. The molecule has 2 aromatic rings. The summed E-state index contributed by atoms with van der Waals surface area (Å²) >= 11 is 0. The highest BCUT2D eigenvalue weighted by Gasteiger charge is 2.41. The number of nitrogens with one attached hydrogen (secondary N) is 1. The van der Waals surface area contributed by atoms with E-state index in [9.17, 15) is 4.79 Å². The van der Waals surface area contributed by atoms with Gasteiger partial charge in [-0.2, -0.15) is 0 Å². The molecule has 0 radical (unpaired) electrons. The molecule has 1 heterocycles. The van der Waals surface area contributed by atoms with Crippen LogP contribution in [0, 0.1) is 6.92 Å². The van der Waals surface area contributed by atoms with Gasteiger partial charge in [0.05, 0.1) is 5.56 Å². The second-order valence-corrected chi connectivity index (χ2v) is 6.42.